The Morgan fingerprint density at radius 1 is 1.07 bits per heavy atom. The van der Waals surface area contributed by atoms with E-state index in [1.54, 1.807) is 0 Å². The third-order valence-electron chi connectivity index (χ3n) is 9.17. The standard InChI is InChI=1S/C20H19N5O3/c1-6(2)25-9-4-3-7(5-8(9)22-24-25)16-21-17(28-23-16)19-10-13-11(19)15-12(19)14(10)20(13,15)18(26)27/h3-6,10-15,18,26-27H,1-2H3. The third kappa shape index (κ3) is 1.03. The van der Waals surface area contributed by atoms with Crippen LogP contribution in [0.1, 0.15) is 25.8 Å². The summed E-state index contributed by atoms with van der Waals surface area (Å²) in [6.07, 6.45) is -1.15. The van der Waals surface area contributed by atoms with Crippen molar-refractivity contribution < 1.29 is 14.7 Å². The molecule has 6 aliphatic carbocycles. The molecule has 142 valence electrons. The van der Waals surface area contributed by atoms with Crippen LogP contribution in [0, 0.1) is 40.9 Å². The SMILES string of the molecule is CC(C)n1nnc2cc(-c3noc(C45C6C7C4C4C5C6C74C(O)O)n3)ccc21. The van der Waals surface area contributed by atoms with Crippen molar-refractivity contribution in [2.45, 2.75) is 31.6 Å². The summed E-state index contributed by atoms with van der Waals surface area (Å²) in [5.74, 6) is 4.32. The second kappa shape index (κ2) is 3.89. The minimum atomic E-state index is -1.15. The van der Waals surface area contributed by atoms with Crippen LogP contribution in [0.5, 0.6) is 0 Å². The zero-order valence-corrected chi connectivity index (χ0v) is 15.4. The molecule has 0 unspecified atom stereocenters. The van der Waals surface area contributed by atoms with Crippen molar-refractivity contribution in [2.24, 2.45) is 40.9 Å². The van der Waals surface area contributed by atoms with E-state index in [1.165, 1.54) is 0 Å². The van der Waals surface area contributed by atoms with E-state index in [2.05, 4.69) is 29.3 Å². The molecule has 8 nitrogen and oxygen atoms in total. The molecule has 0 amide bonds. The Kier molecular flexibility index (Phi) is 2.03. The lowest BCUT2D eigenvalue weighted by molar-refractivity contribution is -0.653. The van der Waals surface area contributed by atoms with Crippen LogP contribution in [0.15, 0.2) is 22.7 Å². The highest BCUT2D eigenvalue weighted by molar-refractivity contribution is 5.80. The maximum absolute atomic E-state index is 9.82. The van der Waals surface area contributed by atoms with E-state index in [0.29, 0.717) is 41.3 Å². The normalized spacial score (nSPS) is 45.4. The van der Waals surface area contributed by atoms with Crippen LogP contribution < -0.4 is 0 Å². The van der Waals surface area contributed by atoms with Gasteiger partial charge in [0.2, 0.25) is 11.7 Å². The maximum Gasteiger partial charge on any atom is 0.234 e. The van der Waals surface area contributed by atoms with Crippen LogP contribution in [-0.4, -0.2) is 41.6 Å². The minimum Gasteiger partial charge on any atom is -0.368 e. The van der Waals surface area contributed by atoms with E-state index in [1.807, 2.05) is 22.9 Å². The predicted molar refractivity (Wildman–Crippen MR) is 94.5 cm³/mol. The number of benzene rings is 1. The Morgan fingerprint density at radius 2 is 1.79 bits per heavy atom. The van der Waals surface area contributed by atoms with E-state index < -0.39 is 6.29 Å². The molecule has 0 spiro atoms. The molecule has 0 atom stereocenters. The van der Waals surface area contributed by atoms with Crippen LogP contribution in [-0.2, 0) is 5.41 Å². The molecule has 28 heavy (non-hydrogen) atoms. The minimum absolute atomic E-state index is 0.0484. The van der Waals surface area contributed by atoms with Crippen molar-refractivity contribution in [3.05, 3.63) is 24.1 Å². The molecule has 9 rings (SSSR count). The average molecular weight is 377 g/mol. The van der Waals surface area contributed by atoms with E-state index in [9.17, 15) is 10.2 Å². The first-order chi connectivity index (χ1) is 13.5. The predicted octanol–water partition coefficient (Wildman–Crippen LogP) is 1.36. The lowest BCUT2D eigenvalue weighted by atomic mass is 8.92. The molecule has 2 aromatic heterocycles. The second-order valence-corrected chi connectivity index (χ2v) is 9.72. The number of aliphatic hydroxyl groups excluding tert-OH is 1. The first-order valence-corrected chi connectivity index (χ1v) is 10.1. The van der Waals surface area contributed by atoms with Gasteiger partial charge in [0, 0.05) is 17.0 Å². The number of aliphatic hydroxyl groups is 2. The highest BCUT2D eigenvalue weighted by Crippen LogP contribution is 3.10. The molecule has 0 radical (unpaired) electrons. The first-order valence-electron chi connectivity index (χ1n) is 10.1. The summed E-state index contributed by atoms with van der Waals surface area (Å²) < 4.78 is 7.65. The first kappa shape index (κ1) is 14.6. The fraction of sp³-hybridized carbons (Fsp3) is 0.600. The summed E-state index contributed by atoms with van der Waals surface area (Å²) in [5, 5.41) is 32.4. The van der Waals surface area contributed by atoms with Crippen molar-refractivity contribution in [3.8, 4) is 11.4 Å². The Hall–Kier alpha value is -2.32. The van der Waals surface area contributed by atoms with Crippen LogP contribution in [0.25, 0.3) is 22.4 Å². The molecule has 2 heterocycles. The summed E-state index contributed by atoms with van der Waals surface area (Å²) in [5.41, 5.74) is 2.59. The zero-order chi connectivity index (χ0) is 18.7. The highest BCUT2D eigenvalue weighted by atomic mass is 16.5. The van der Waals surface area contributed by atoms with Gasteiger partial charge in [0.25, 0.3) is 0 Å². The van der Waals surface area contributed by atoms with Gasteiger partial charge in [-0.15, -0.1) is 5.10 Å². The van der Waals surface area contributed by atoms with E-state index in [0.717, 1.165) is 22.5 Å². The lowest BCUT2D eigenvalue weighted by Crippen LogP contribution is -3.12. The van der Waals surface area contributed by atoms with Crippen molar-refractivity contribution in [1.82, 2.24) is 25.1 Å². The van der Waals surface area contributed by atoms with E-state index in [-0.39, 0.29) is 16.9 Å². The summed E-state index contributed by atoms with van der Waals surface area (Å²) in [6, 6.07) is 6.22. The van der Waals surface area contributed by atoms with Crippen LogP contribution in [0.3, 0.4) is 0 Å². The molecule has 0 saturated heterocycles. The smallest absolute Gasteiger partial charge is 0.234 e. The van der Waals surface area contributed by atoms with Gasteiger partial charge in [-0.3, -0.25) is 0 Å². The number of hydrogen-bond acceptors (Lipinski definition) is 7. The number of fused-ring (bicyclic) bond motifs is 1. The molecule has 6 saturated carbocycles. The van der Waals surface area contributed by atoms with Gasteiger partial charge in [-0.05, 0) is 67.6 Å². The number of aromatic nitrogens is 5. The van der Waals surface area contributed by atoms with Gasteiger partial charge in [0.1, 0.15) is 5.52 Å². The molecular formula is C20H19N5O3. The lowest BCUT2D eigenvalue weighted by Gasteiger charge is -3.10. The topological polar surface area (TPSA) is 110 Å². The van der Waals surface area contributed by atoms with Crippen LogP contribution in [0.2, 0.25) is 0 Å². The van der Waals surface area contributed by atoms with E-state index >= 15 is 0 Å². The summed E-state index contributed by atoms with van der Waals surface area (Å²) >= 11 is 0. The number of rotatable bonds is 4. The molecule has 6 aliphatic rings. The van der Waals surface area contributed by atoms with Gasteiger partial charge < -0.3 is 14.7 Å². The fourth-order valence-electron chi connectivity index (χ4n) is 8.53. The molecule has 6 fully saturated rings. The number of hydrogen-bond donors (Lipinski definition) is 2. The fourth-order valence-corrected chi connectivity index (χ4v) is 8.53. The van der Waals surface area contributed by atoms with Crippen LogP contribution >= 0.6 is 0 Å². The summed E-state index contributed by atoms with van der Waals surface area (Å²) in [6.45, 7) is 4.16. The van der Waals surface area contributed by atoms with Crippen molar-refractivity contribution in [3.63, 3.8) is 0 Å². The quantitative estimate of drug-likeness (QED) is 0.661. The molecule has 2 N–H and O–H groups in total. The largest absolute Gasteiger partial charge is 0.368 e. The van der Waals surface area contributed by atoms with Gasteiger partial charge in [0.05, 0.1) is 10.9 Å². The zero-order valence-electron chi connectivity index (χ0n) is 15.4. The summed E-state index contributed by atoms with van der Waals surface area (Å²) in [7, 11) is 0. The second-order valence-electron chi connectivity index (χ2n) is 9.72. The maximum atomic E-state index is 9.82. The molecule has 3 aromatic rings. The molecule has 8 heteroatoms. The van der Waals surface area contributed by atoms with E-state index in [4.69, 9.17) is 9.51 Å². The molecule has 0 aliphatic heterocycles. The monoisotopic (exact) mass is 377 g/mol. The van der Waals surface area contributed by atoms with Gasteiger partial charge in [-0.1, -0.05) is 10.4 Å². The third-order valence-corrected chi connectivity index (χ3v) is 9.17. The van der Waals surface area contributed by atoms with Gasteiger partial charge in [-0.25, -0.2) is 4.68 Å². The average Bonchev–Trinajstić information content (AvgIpc) is 3.34. The van der Waals surface area contributed by atoms with Crippen molar-refractivity contribution >= 4 is 11.0 Å². The Bertz CT molecular complexity index is 1160. The van der Waals surface area contributed by atoms with Crippen molar-refractivity contribution in [1.29, 1.82) is 0 Å². The Morgan fingerprint density at radius 3 is 2.43 bits per heavy atom. The molecule has 0 bridgehead atoms. The van der Waals surface area contributed by atoms with Gasteiger partial charge in [0.15, 0.2) is 6.29 Å². The molecular weight excluding hydrogens is 358 g/mol. The highest BCUT2D eigenvalue weighted by Gasteiger charge is 3.12. The Balaban J connectivity index is 1.15. The number of nitrogens with zero attached hydrogens (tertiary/aromatic N) is 5. The van der Waals surface area contributed by atoms with Gasteiger partial charge in [-0.2, -0.15) is 4.98 Å². The van der Waals surface area contributed by atoms with Crippen molar-refractivity contribution in [2.75, 3.05) is 0 Å². The van der Waals surface area contributed by atoms with Crippen LogP contribution in [0.4, 0.5) is 0 Å². The summed E-state index contributed by atoms with van der Waals surface area (Å²) in [4.78, 5) is 4.78. The van der Waals surface area contributed by atoms with Gasteiger partial charge >= 0.3 is 0 Å². The Labute approximate surface area is 159 Å². The molecule has 1 aromatic carbocycles.